The lowest BCUT2D eigenvalue weighted by Gasteiger charge is -2.05. The van der Waals surface area contributed by atoms with E-state index >= 15 is 0 Å². The van der Waals surface area contributed by atoms with E-state index in [1.165, 1.54) is 18.2 Å². The van der Waals surface area contributed by atoms with E-state index in [1.807, 2.05) is 0 Å². The van der Waals surface area contributed by atoms with Crippen LogP contribution in [0, 0.1) is 5.82 Å². The average Bonchev–Trinajstić information content (AvgIpc) is 2.22. The van der Waals surface area contributed by atoms with Gasteiger partial charge in [-0.25, -0.2) is 4.39 Å². The van der Waals surface area contributed by atoms with Gasteiger partial charge < -0.3 is 10.4 Å². The van der Waals surface area contributed by atoms with E-state index in [1.54, 1.807) is 0 Å². The third-order valence-corrected chi connectivity index (χ3v) is 2.09. The van der Waals surface area contributed by atoms with Crippen molar-refractivity contribution in [1.29, 1.82) is 0 Å². The molecule has 0 unspecified atom stereocenters. The van der Waals surface area contributed by atoms with Crippen molar-refractivity contribution in [3.05, 3.63) is 29.6 Å². The van der Waals surface area contributed by atoms with Gasteiger partial charge >= 0.3 is 0 Å². The normalized spacial score (nSPS) is 10.1. The Morgan fingerprint density at radius 1 is 1.53 bits per heavy atom. The minimum Gasteiger partial charge on any atom is -0.396 e. The summed E-state index contributed by atoms with van der Waals surface area (Å²) < 4.78 is 13.2. The van der Waals surface area contributed by atoms with Gasteiger partial charge in [-0.1, -0.05) is 0 Å². The van der Waals surface area contributed by atoms with Crippen LogP contribution in [0.15, 0.2) is 23.1 Å². The molecule has 0 spiro atoms. The lowest BCUT2D eigenvalue weighted by molar-refractivity contribution is 0.0947. The fraction of sp³-hybridized carbons (Fsp3) is 0.300. The topological polar surface area (TPSA) is 49.3 Å². The van der Waals surface area contributed by atoms with Crippen molar-refractivity contribution >= 4 is 18.5 Å². The lowest BCUT2D eigenvalue weighted by Crippen LogP contribution is -2.25. The van der Waals surface area contributed by atoms with Gasteiger partial charge in [0.2, 0.25) is 0 Å². The molecule has 1 rings (SSSR count). The maximum atomic E-state index is 13.2. The van der Waals surface area contributed by atoms with Gasteiger partial charge in [0.15, 0.2) is 0 Å². The molecule has 0 fully saturated rings. The van der Waals surface area contributed by atoms with Crippen LogP contribution in [0.2, 0.25) is 0 Å². The van der Waals surface area contributed by atoms with Gasteiger partial charge in [0.1, 0.15) is 5.82 Å². The molecule has 0 atom stereocenters. The Morgan fingerprint density at radius 2 is 2.27 bits per heavy atom. The molecule has 15 heavy (non-hydrogen) atoms. The summed E-state index contributed by atoms with van der Waals surface area (Å²) in [5.74, 6) is -1.06. The Hall–Kier alpha value is -1.07. The standard InChI is InChI=1S/C10H12FNO2S/c11-9-3-2-7(15)6-8(9)10(14)12-4-1-5-13/h2-3,6,13,15H,1,4-5H2,(H,12,14). The van der Waals surface area contributed by atoms with Crippen LogP contribution in [0.25, 0.3) is 0 Å². The van der Waals surface area contributed by atoms with Crippen molar-refractivity contribution in [3.8, 4) is 0 Å². The molecule has 0 aliphatic heterocycles. The van der Waals surface area contributed by atoms with E-state index in [0.717, 1.165) is 0 Å². The number of aliphatic hydroxyl groups excluding tert-OH is 1. The second-order valence-corrected chi connectivity index (χ2v) is 3.51. The number of amides is 1. The maximum absolute atomic E-state index is 13.2. The molecule has 82 valence electrons. The van der Waals surface area contributed by atoms with Crippen LogP contribution < -0.4 is 5.32 Å². The number of rotatable bonds is 4. The average molecular weight is 229 g/mol. The highest BCUT2D eigenvalue weighted by atomic mass is 32.1. The smallest absolute Gasteiger partial charge is 0.254 e. The van der Waals surface area contributed by atoms with Crippen molar-refractivity contribution in [3.63, 3.8) is 0 Å². The van der Waals surface area contributed by atoms with Gasteiger partial charge in [0.25, 0.3) is 5.91 Å². The second kappa shape index (κ2) is 5.72. The summed E-state index contributed by atoms with van der Waals surface area (Å²) in [6.07, 6.45) is 0.452. The molecule has 1 aromatic rings. The first-order chi connectivity index (χ1) is 7.15. The fourth-order valence-electron chi connectivity index (χ4n) is 1.06. The van der Waals surface area contributed by atoms with E-state index in [9.17, 15) is 9.18 Å². The molecule has 2 N–H and O–H groups in total. The molecule has 0 bridgehead atoms. The Kier molecular flexibility index (Phi) is 4.58. The quantitative estimate of drug-likeness (QED) is 0.537. The van der Waals surface area contributed by atoms with Crippen LogP contribution in [0.5, 0.6) is 0 Å². The van der Waals surface area contributed by atoms with Crippen LogP contribution in [-0.4, -0.2) is 24.2 Å². The van der Waals surface area contributed by atoms with Gasteiger partial charge in [-0.3, -0.25) is 4.79 Å². The van der Waals surface area contributed by atoms with Crippen LogP contribution in [0.3, 0.4) is 0 Å². The number of thiol groups is 1. The maximum Gasteiger partial charge on any atom is 0.254 e. The minimum atomic E-state index is -0.575. The molecular formula is C10H12FNO2S. The molecule has 5 heteroatoms. The largest absolute Gasteiger partial charge is 0.396 e. The molecule has 0 aliphatic carbocycles. The van der Waals surface area contributed by atoms with Crippen molar-refractivity contribution in [1.82, 2.24) is 5.32 Å². The zero-order valence-corrected chi connectivity index (χ0v) is 8.93. The van der Waals surface area contributed by atoms with E-state index in [4.69, 9.17) is 5.11 Å². The number of carbonyl (C=O) groups excluding carboxylic acids is 1. The second-order valence-electron chi connectivity index (χ2n) is 3.00. The molecular weight excluding hydrogens is 217 g/mol. The van der Waals surface area contributed by atoms with Crippen molar-refractivity contribution in [2.24, 2.45) is 0 Å². The van der Waals surface area contributed by atoms with Crippen molar-refractivity contribution < 1.29 is 14.3 Å². The van der Waals surface area contributed by atoms with Crippen LogP contribution >= 0.6 is 12.6 Å². The molecule has 0 aromatic heterocycles. The summed E-state index contributed by atoms with van der Waals surface area (Å²) >= 11 is 4.02. The molecule has 0 aliphatic rings. The molecule has 0 heterocycles. The molecule has 0 saturated heterocycles. The molecule has 3 nitrogen and oxygen atoms in total. The molecule has 0 saturated carbocycles. The summed E-state index contributed by atoms with van der Waals surface area (Å²) in [6, 6.07) is 4.04. The van der Waals surface area contributed by atoms with Gasteiger partial charge in [-0.05, 0) is 24.6 Å². The van der Waals surface area contributed by atoms with E-state index < -0.39 is 11.7 Å². The summed E-state index contributed by atoms with van der Waals surface area (Å²) in [5, 5.41) is 11.0. The van der Waals surface area contributed by atoms with Gasteiger partial charge in [-0.2, -0.15) is 0 Å². The first-order valence-corrected chi connectivity index (χ1v) is 4.97. The van der Waals surface area contributed by atoms with Gasteiger partial charge in [-0.15, -0.1) is 12.6 Å². The number of benzene rings is 1. The van der Waals surface area contributed by atoms with Crippen molar-refractivity contribution in [2.45, 2.75) is 11.3 Å². The zero-order chi connectivity index (χ0) is 11.3. The number of nitrogens with one attached hydrogen (secondary N) is 1. The first-order valence-electron chi connectivity index (χ1n) is 4.52. The molecule has 1 amide bonds. The van der Waals surface area contributed by atoms with Crippen LogP contribution in [-0.2, 0) is 0 Å². The van der Waals surface area contributed by atoms with E-state index in [-0.39, 0.29) is 12.2 Å². The SMILES string of the molecule is O=C(NCCCO)c1cc(S)ccc1F. The van der Waals surface area contributed by atoms with Crippen LogP contribution in [0.1, 0.15) is 16.8 Å². The molecule has 1 aromatic carbocycles. The van der Waals surface area contributed by atoms with E-state index in [2.05, 4.69) is 17.9 Å². The lowest BCUT2D eigenvalue weighted by atomic mass is 10.2. The summed E-state index contributed by atoms with van der Waals surface area (Å²) in [4.78, 5) is 12.0. The number of carbonyl (C=O) groups is 1. The van der Waals surface area contributed by atoms with Gasteiger partial charge in [0, 0.05) is 18.0 Å². The first kappa shape index (κ1) is 12.0. The third-order valence-electron chi connectivity index (χ3n) is 1.82. The number of hydrogen-bond donors (Lipinski definition) is 3. The molecule has 0 radical (unpaired) electrons. The fourth-order valence-corrected chi connectivity index (χ4v) is 1.27. The summed E-state index contributed by atoms with van der Waals surface area (Å²) in [6.45, 7) is 0.320. The monoisotopic (exact) mass is 229 g/mol. The Balaban J connectivity index is 2.68. The van der Waals surface area contributed by atoms with E-state index in [0.29, 0.717) is 17.9 Å². The third kappa shape index (κ3) is 3.53. The number of aliphatic hydroxyl groups is 1. The predicted molar refractivity (Wildman–Crippen MR) is 57.7 cm³/mol. The zero-order valence-electron chi connectivity index (χ0n) is 8.03. The number of halogens is 1. The van der Waals surface area contributed by atoms with Crippen LogP contribution in [0.4, 0.5) is 4.39 Å². The highest BCUT2D eigenvalue weighted by Crippen LogP contribution is 2.13. The summed E-state index contributed by atoms with van der Waals surface area (Å²) in [7, 11) is 0. The Bertz CT molecular complexity index is 357. The minimum absolute atomic E-state index is 0.00459. The highest BCUT2D eigenvalue weighted by molar-refractivity contribution is 7.80. The highest BCUT2D eigenvalue weighted by Gasteiger charge is 2.10. The summed E-state index contributed by atoms with van der Waals surface area (Å²) in [5.41, 5.74) is -0.0274. The Morgan fingerprint density at radius 3 is 2.93 bits per heavy atom. The number of hydrogen-bond acceptors (Lipinski definition) is 3. The predicted octanol–water partition coefficient (Wildman–Crippen LogP) is 1.23. The van der Waals surface area contributed by atoms with Gasteiger partial charge in [0.05, 0.1) is 5.56 Å². The van der Waals surface area contributed by atoms with Crippen molar-refractivity contribution in [2.75, 3.05) is 13.2 Å². The Labute approximate surface area is 92.7 Å².